The Hall–Kier alpha value is -4.12. The van der Waals surface area contributed by atoms with Crippen LogP contribution >= 0.6 is 0 Å². The summed E-state index contributed by atoms with van der Waals surface area (Å²) >= 11 is 0. The van der Waals surface area contributed by atoms with Gasteiger partial charge in [-0.3, -0.25) is 19.3 Å². The number of imide groups is 1. The summed E-state index contributed by atoms with van der Waals surface area (Å²) in [4.78, 5) is 51.0. The second kappa shape index (κ2) is 11.3. The zero-order valence-corrected chi connectivity index (χ0v) is 19.8. The first-order chi connectivity index (χ1) is 16.8. The number of anilines is 1. The molecule has 2 aromatic carbocycles. The van der Waals surface area contributed by atoms with Gasteiger partial charge >= 0.3 is 5.97 Å². The minimum Gasteiger partial charge on any atom is -0.493 e. The lowest BCUT2D eigenvalue weighted by Gasteiger charge is -2.14. The van der Waals surface area contributed by atoms with Crippen LogP contribution in [0.5, 0.6) is 17.2 Å². The van der Waals surface area contributed by atoms with Gasteiger partial charge in [0.1, 0.15) is 0 Å². The van der Waals surface area contributed by atoms with Gasteiger partial charge in [0.2, 0.25) is 5.75 Å². The summed E-state index contributed by atoms with van der Waals surface area (Å²) in [7, 11) is 5.88. The van der Waals surface area contributed by atoms with Crippen molar-refractivity contribution in [2.24, 2.45) is 0 Å². The minimum absolute atomic E-state index is 0.0456. The number of benzene rings is 2. The Bertz CT molecular complexity index is 1120. The van der Waals surface area contributed by atoms with Crippen LogP contribution in [-0.2, 0) is 14.3 Å². The van der Waals surface area contributed by atoms with Gasteiger partial charge in [-0.2, -0.15) is 0 Å². The monoisotopic (exact) mass is 486 g/mol. The van der Waals surface area contributed by atoms with Crippen LogP contribution in [0.2, 0.25) is 0 Å². The predicted molar refractivity (Wildman–Crippen MR) is 123 cm³/mol. The summed E-state index contributed by atoms with van der Waals surface area (Å²) in [5.41, 5.74) is 0.716. The van der Waals surface area contributed by atoms with Gasteiger partial charge < -0.3 is 29.0 Å². The Labute approximate surface area is 201 Å². The van der Waals surface area contributed by atoms with Crippen molar-refractivity contribution >= 4 is 29.4 Å². The lowest BCUT2D eigenvalue weighted by Crippen LogP contribution is -2.31. The number of amides is 3. The number of hydrogen-bond donors (Lipinski definition) is 1. The second-order valence-electron chi connectivity index (χ2n) is 7.41. The molecule has 0 radical (unpaired) electrons. The van der Waals surface area contributed by atoms with Gasteiger partial charge in [-0.15, -0.1) is 0 Å². The van der Waals surface area contributed by atoms with Gasteiger partial charge in [0, 0.05) is 38.1 Å². The van der Waals surface area contributed by atoms with E-state index in [9.17, 15) is 19.2 Å². The van der Waals surface area contributed by atoms with Crippen LogP contribution in [0.1, 0.15) is 37.5 Å². The summed E-state index contributed by atoms with van der Waals surface area (Å²) in [6, 6.07) is 7.14. The van der Waals surface area contributed by atoms with E-state index in [2.05, 4.69) is 5.32 Å². The molecule has 35 heavy (non-hydrogen) atoms. The number of ether oxygens (including phenoxy) is 5. The first kappa shape index (κ1) is 25.5. The SMILES string of the molecule is COCCCN1C(=O)c2ccc(C(=O)OCC(=O)Nc3cc(OC)c(OC)c(OC)c3)cc2C1=O. The van der Waals surface area contributed by atoms with Crippen molar-refractivity contribution in [2.45, 2.75) is 6.42 Å². The van der Waals surface area contributed by atoms with E-state index in [0.29, 0.717) is 36.0 Å². The van der Waals surface area contributed by atoms with Crippen molar-refractivity contribution in [3.05, 3.63) is 47.0 Å². The molecule has 0 aromatic heterocycles. The van der Waals surface area contributed by atoms with Crippen LogP contribution in [0.4, 0.5) is 5.69 Å². The molecule has 1 aliphatic heterocycles. The topological polar surface area (TPSA) is 130 Å². The molecule has 0 saturated carbocycles. The van der Waals surface area contributed by atoms with Crippen molar-refractivity contribution in [3.63, 3.8) is 0 Å². The molecule has 0 unspecified atom stereocenters. The Morgan fingerprint density at radius 1 is 0.886 bits per heavy atom. The molecule has 0 spiro atoms. The van der Waals surface area contributed by atoms with E-state index in [4.69, 9.17) is 23.7 Å². The number of methoxy groups -OCH3 is 4. The Morgan fingerprint density at radius 2 is 1.54 bits per heavy atom. The summed E-state index contributed by atoms with van der Waals surface area (Å²) < 4.78 is 25.8. The number of rotatable bonds is 11. The molecule has 11 nitrogen and oxygen atoms in total. The third-order valence-corrected chi connectivity index (χ3v) is 5.22. The smallest absolute Gasteiger partial charge is 0.338 e. The fourth-order valence-corrected chi connectivity index (χ4v) is 3.55. The molecule has 186 valence electrons. The highest BCUT2D eigenvalue weighted by atomic mass is 16.5. The second-order valence-corrected chi connectivity index (χ2v) is 7.41. The predicted octanol–water partition coefficient (Wildman–Crippen LogP) is 2.14. The highest BCUT2D eigenvalue weighted by molar-refractivity contribution is 6.22. The van der Waals surface area contributed by atoms with Gasteiger partial charge in [-0.05, 0) is 24.6 Å². The maximum atomic E-state index is 12.6. The number of nitrogens with zero attached hydrogens (tertiary/aromatic N) is 1. The fraction of sp³-hybridized carbons (Fsp3) is 0.333. The average Bonchev–Trinajstić information content (AvgIpc) is 3.10. The van der Waals surface area contributed by atoms with Crippen LogP contribution in [0, 0.1) is 0 Å². The van der Waals surface area contributed by atoms with Gasteiger partial charge in [-0.1, -0.05) is 0 Å². The number of fused-ring (bicyclic) bond motifs is 1. The number of esters is 1. The summed E-state index contributed by atoms with van der Waals surface area (Å²) in [5, 5.41) is 2.59. The van der Waals surface area contributed by atoms with E-state index < -0.39 is 30.3 Å². The average molecular weight is 486 g/mol. The van der Waals surface area contributed by atoms with E-state index in [-0.39, 0.29) is 23.2 Å². The van der Waals surface area contributed by atoms with Crippen LogP contribution < -0.4 is 19.5 Å². The van der Waals surface area contributed by atoms with Crippen molar-refractivity contribution in [3.8, 4) is 17.2 Å². The first-order valence-corrected chi connectivity index (χ1v) is 10.6. The zero-order valence-electron chi connectivity index (χ0n) is 19.8. The van der Waals surface area contributed by atoms with Crippen molar-refractivity contribution in [2.75, 3.05) is 53.5 Å². The van der Waals surface area contributed by atoms with Crippen LogP contribution in [-0.4, -0.2) is 76.8 Å². The van der Waals surface area contributed by atoms with Crippen molar-refractivity contribution < 1.29 is 42.9 Å². The summed E-state index contributed by atoms with van der Waals surface area (Å²) in [5.74, 6) is -1.29. The Morgan fingerprint density at radius 3 is 2.14 bits per heavy atom. The summed E-state index contributed by atoms with van der Waals surface area (Å²) in [6.07, 6.45) is 0.498. The quantitative estimate of drug-likeness (QED) is 0.288. The normalized spacial score (nSPS) is 12.3. The molecule has 0 atom stereocenters. The third kappa shape index (κ3) is 5.52. The molecule has 0 saturated heterocycles. The van der Waals surface area contributed by atoms with E-state index in [1.807, 2.05) is 0 Å². The largest absolute Gasteiger partial charge is 0.493 e. The minimum atomic E-state index is -0.814. The van der Waals surface area contributed by atoms with Gasteiger partial charge in [-0.25, -0.2) is 4.79 Å². The lowest BCUT2D eigenvalue weighted by atomic mass is 10.1. The molecular weight excluding hydrogens is 460 g/mol. The van der Waals surface area contributed by atoms with Crippen molar-refractivity contribution in [1.82, 2.24) is 4.90 Å². The van der Waals surface area contributed by atoms with Gasteiger partial charge in [0.05, 0.1) is 38.0 Å². The van der Waals surface area contributed by atoms with E-state index in [0.717, 1.165) is 4.90 Å². The molecule has 1 aliphatic rings. The first-order valence-electron chi connectivity index (χ1n) is 10.6. The molecular formula is C24H26N2O9. The molecule has 3 rings (SSSR count). The van der Waals surface area contributed by atoms with E-state index in [1.165, 1.54) is 58.8 Å². The Balaban J connectivity index is 1.63. The number of carbonyl (C=O) groups excluding carboxylic acids is 4. The molecule has 1 heterocycles. The molecule has 3 amide bonds. The standard InChI is InChI=1S/C24H26N2O9/c1-31-9-5-8-26-22(28)16-7-6-14(10-17(16)23(26)29)24(30)35-13-20(27)25-15-11-18(32-2)21(34-4)19(12-15)33-3/h6-7,10-12H,5,8-9,13H2,1-4H3,(H,25,27). The maximum absolute atomic E-state index is 12.6. The van der Waals surface area contributed by atoms with Crippen LogP contribution in [0.15, 0.2) is 30.3 Å². The molecule has 1 N–H and O–H groups in total. The molecule has 0 aliphatic carbocycles. The maximum Gasteiger partial charge on any atom is 0.338 e. The molecule has 11 heteroatoms. The van der Waals surface area contributed by atoms with Crippen molar-refractivity contribution in [1.29, 1.82) is 0 Å². The number of carbonyl (C=O) groups is 4. The highest BCUT2D eigenvalue weighted by Gasteiger charge is 2.35. The van der Waals surface area contributed by atoms with Crippen LogP contribution in [0.3, 0.4) is 0 Å². The Kier molecular flexibility index (Phi) is 8.26. The molecule has 2 aromatic rings. The summed E-state index contributed by atoms with van der Waals surface area (Å²) in [6.45, 7) is 0.0345. The molecule has 0 bridgehead atoms. The highest BCUT2D eigenvalue weighted by Crippen LogP contribution is 2.39. The fourth-order valence-electron chi connectivity index (χ4n) is 3.55. The number of nitrogens with one attached hydrogen (secondary N) is 1. The van der Waals surface area contributed by atoms with Crippen LogP contribution in [0.25, 0.3) is 0 Å². The molecule has 0 fully saturated rings. The van der Waals surface area contributed by atoms with E-state index in [1.54, 1.807) is 0 Å². The lowest BCUT2D eigenvalue weighted by molar-refractivity contribution is -0.119. The van der Waals surface area contributed by atoms with Gasteiger partial charge in [0.25, 0.3) is 17.7 Å². The van der Waals surface area contributed by atoms with E-state index >= 15 is 0 Å². The third-order valence-electron chi connectivity index (χ3n) is 5.22. The number of hydrogen-bond acceptors (Lipinski definition) is 9. The van der Waals surface area contributed by atoms with Gasteiger partial charge in [0.15, 0.2) is 18.1 Å². The zero-order chi connectivity index (χ0) is 25.5.